The molecule has 0 aromatic heterocycles. The molecule has 144 valence electrons. The van der Waals surface area contributed by atoms with Crippen LogP contribution < -0.4 is 14.9 Å². The largest absolute Gasteiger partial charge is 0.504 e. The van der Waals surface area contributed by atoms with Crippen LogP contribution in [0, 0.1) is 20.8 Å². The highest BCUT2D eigenvalue weighted by molar-refractivity contribution is 9.10. The maximum absolute atomic E-state index is 12.0. The van der Waals surface area contributed by atoms with Crippen molar-refractivity contribution in [1.29, 1.82) is 0 Å². The van der Waals surface area contributed by atoms with Crippen LogP contribution in [0.15, 0.2) is 33.8 Å². The molecule has 27 heavy (non-hydrogen) atoms. The normalized spacial score (nSPS) is 10.9. The van der Waals surface area contributed by atoms with Crippen LogP contribution in [0.5, 0.6) is 17.2 Å². The molecule has 0 radical (unpaired) electrons. The Balaban J connectivity index is 1.99. The highest BCUT2D eigenvalue weighted by atomic mass is 79.9. The number of rotatable bonds is 7. The van der Waals surface area contributed by atoms with Gasteiger partial charge in [-0.05, 0) is 56.5 Å². The summed E-state index contributed by atoms with van der Waals surface area (Å²) in [6.45, 7) is 7.98. The van der Waals surface area contributed by atoms with E-state index in [-0.39, 0.29) is 12.4 Å². The molecule has 2 rings (SSSR count). The van der Waals surface area contributed by atoms with Gasteiger partial charge < -0.3 is 14.6 Å². The van der Waals surface area contributed by atoms with Gasteiger partial charge in [-0.3, -0.25) is 4.79 Å². The Morgan fingerprint density at radius 2 is 1.93 bits per heavy atom. The Bertz CT molecular complexity index is 866. The summed E-state index contributed by atoms with van der Waals surface area (Å²) >= 11 is 3.35. The minimum Gasteiger partial charge on any atom is -0.504 e. The molecule has 0 aliphatic heterocycles. The van der Waals surface area contributed by atoms with Crippen molar-refractivity contribution in [3.05, 3.63) is 51.0 Å². The molecule has 0 spiro atoms. The van der Waals surface area contributed by atoms with E-state index in [1.807, 2.05) is 39.8 Å². The quantitative estimate of drug-likeness (QED) is 0.509. The number of benzene rings is 2. The lowest BCUT2D eigenvalue weighted by atomic mass is 10.1. The van der Waals surface area contributed by atoms with Gasteiger partial charge in [0.15, 0.2) is 18.1 Å². The number of aromatic hydroxyl groups is 1. The third kappa shape index (κ3) is 5.47. The number of hydrogen-bond acceptors (Lipinski definition) is 5. The molecule has 0 unspecified atom stereocenters. The fraction of sp³-hybridized carbons (Fsp3) is 0.300. The van der Waals surface area contributed by atoms with E-state index in [1.165, 1.54) is 6.21 Å². The first kappa shape index (κ1) is 20.8. The second kappa shape index (κ2) is 9.41. The van der Waals surface area contributed by atoms with E-state index in [0.717, 1.165) is 21.2 Å². The molecule has 0 saturated carbocycles. The molecule has 0 saturated heterocycles. The van der Waals surface area contributed by atoms with Crippen molar-refractivity contribution in [2.75, 3.05) is 13.2 Å². The zero-order valence-corrected chi connectivity index (χ0v) is 17.4. The van der Waals surface area contributed by atoms with Crippen LogP contribution in [-0.2, 0) is 4.79 Å². The second-order valence-corrected chi connectivity index (χ2v) is 6.93. The Morgan fingerprint density at radius 3 is 2.63 bits per heavy atom. The molecule has 0 fully saturated rings. The summed E-state index contributed by atoms with van der Waals surface area (Å²) in [6.07, 6.45) is 1.35. The first-order valence-corrected chi connectivity index (χ1v) is 9.29. The summed E-state index contributed by atoms with van der Waals surface area (Å²) in [5.74, 6) is 0.611. The second-order valence-electron chi connectivity index (χ2n) is 6.01. The minimum absolute atomic E-state index is 0.0414. The number of phenols is 1. The number of carbonyl (C=O) groups excluding carboxylic acids is 1. The molecule has 7 heteroatoms. The molecular formula is C20H23BrN2O4. The molecule has 2 N–H and O–H groups in total. The van der Waals surface area contributed by atoms with Crippen LogP contribution in [0.25, 0.3) is 0 Å². The van der Waals surface area contributed by atoms with Gasteiger partial charge in [0.25, 0.3) is 5.91 Å². The Kier molecular flexibility index (Phi) is 7.24. The number of halogens is 1. The molecular weight excluding hydrogens is 412 g/mol. The lowest BCUT2D eigenvalue weighted by Crippen LogP contribution is -2.25. The van der Waals surface area contributed by atoms with E-state index >= 15 is 0 Å². The topological polar surface area (TPSA) is 80.2 Å². The SMILES string of the molecule is CCOc1cc(Br)cc(/C=N/NC(=O)COc2c(C)ccc(C)c2C)c1O. The smallest absolute Gasteiger partial charge is 0.277 e. The molecule has 0 aliphatic rings. The number of nitrogens with one attached hydrogen (secondary N) is 1. The monoisotopic (exact) mass is 434 g/mol. The van der Waals surface area contributed by atoms with Crippen LogP contribution in [0.4, 0.5) is 0 Å². The van der Waals surface area contributed by atoms with Crippen LogP contribution in [0.3, 0.4) is 0 Å². The molecule has 6 nitrogen and oxygen atoms in total. The predicted molar refractivity (Wildman–Crippen MR) is 109 cm³/mol. The van der Waals surface area contributed by atoms with Crippen molar-refractivity contribution < 1.29 is 19.4 Å². The van der Waals surface area contributed by atoms with Gasteiger partial charge in [0.1, 0.15) is 5.75 Å². The number of ether oxygens (including phenoxy) is 2. The third-order valence-corrected chi connectivity index (χ3v) is 4.44. The highest BCUT2D eigenvalue weighted by Crippen LogP contribution is 2.32. The predicted octanol–water partition coefficient (Wildman–Crippen LogP) is 4.01. The van der Waals surface area contributed by atoms with Crippen LogP contribution >= 0.6 is 15.9 Å². The lowest BCUT2D eigenvalue weighted by Gasteiger charge is -2.13. The van der Waals surface area contributed by atoms with E-state index in [4.69, 9.17) is 9.47 Å². The Labute approximate surface area is 167 Å². The summed E-state index contributed by atoms with van der Waals surface area (Å²) < 4.78 is 11.7. The van der Waals surface area contributed by atoms with Crippen molar-refractivity contribution in [3.63, 3.8) is 0 Å². The van der Waals surface area contributed by atoms with Gasteiger partial charge in [-0.2, -0.15) is 5.10 Å². The van der Waals surface area contributed by atoms with Crippen molar-refractivity contribution in [1.82, 2.24) is 5.43 Å². The maximum Gasteiger partial charge on any atom is 0.277 e. The summed E-state index contributed by atoms with van der Waals surface area (Å²) in [4.78, 5) is 12.0. The molecule has 0 atom stereocenters. The van der Waals surface area contributed by atoms with Crippen molar-refractivity contribution in [3.8, 4) is 17.2 Å². The first-order valence-electron chi connectivity index (χ1n) is 8.50. The van der Waals surface area contributed by atoms with Gasteiger partial charge in [0.2, 0.25) is 0 Å². The van der Waals surface area contributed by atoms with Gasteiger partial charge >= 0.3 is 0 Å². The third-order valence-electron chi connectivity index (χ3n) is 3.98. The average Bonchev–Trinajstić information content (AvgIpc) is 2.62. The number of amides is 1. The number of nitrogens with zero attached hydrogens (tertiary/aromatic N) is 1. The summed E-state index contributed by atoms with van der Waals surface area (Å²) in [7, 11) is 0. The van der Waals surface area contributed by atoms with E-state index in [2.05, 4.69) is 26.5 Å². The van der Waals surface area contributed by atoms with Gasteiger partial charge in [0, 0.05) is 10.0 Å². The Hall–Kier alpha value is -2.54. The summed E-state index contributed by atoms with van der Waals surface area (Å²) in [5, 5.41) is 14.1. The molecule has 0 bridgehead atoms. The van der Waals surface area contributed by atoms with E-state index < -0.39 is 5.91 Å². The van der Waals surface area contributed by atoms with E-state index in [0.29, 0.717) is 23.7 Å². The molecule has 2 aromatic carbocycles. The first-order chi connectivity index (χ1) is 12.8. The summed E-state index contributed by atoms with van der Waals surface area (Å²) in [5.41, 5.74) is 5.89. The fourth-order valence-corrected chi connectivity index (χ4v) is 2.90. The van der Waals surface area contributed by atoms with Gasteiger partial charge in [-0.1, -0.05) is 28.1 Å². The standard InChI is InChI=1S/C20H23BrN2O4/c1-5-26-17-9-16(21)8-15(19(17)25)10-22-23-18(24)11-27-20-13(3)7-6-12(2)14(20)4/h6-10,25H,5,11H2,1-4H3,(H,23,24)/b22-10+. The zero-order chi connectivity index (χ0) is 20.0. The van der Waals surface area contributed by atoms with Crippen LogP contribution in [-0.4, -0.2) is 30.4 Å². The molecule has 1 amide bonds. The minimum atomic E-state index is -0.397. The number of hydrogen-bond donors (Lipinski definition) is 2. The van der Waals surface area contributed by atoms with Gasteiger partial charge in [-0.25, -0.2) is 5.43 Å². The van der Waals surface area contributed by atoms with Gasteiger partial charge in [-0.15, -0.1) is 0 Å². The molecule has 0 aliphatic carbocycles. The highest BCUT2D eigenvalue weighted by Gasteiger charge is 2.10. The maximum atomic E-state index is 12.0. The van der Waals surface area contributed by atoms with Crippen molar-refractivity contribution in [2.45, 2.75) is 27.7 Å². The van der Waals surface area contributed by atoms with E-state index in [9.17, 15) is 9.90 Å². The number of aryl methyl sites for hydroxylation is 2. The number of hydrazone groups is 1. The fourth-order valence-electron chi connectivity index (χ4n) is 2.45. The lowest BCUT2D eigenvalue weighted by molar-refractivity contribution is -0.123. The molecule has 2 aromatic rings. The Morgan fingerprint density at radius 1 is 1.22 bits per heavy atom. The molecule has 0 heterocycles. The van der Waals surface area contributed by atoms with Crippen molar-refractivity contribution >= 4 is 28.1 Å². The number of phenolic OH excluding ortho intramolecular Hbond substituents is 1. The average molecular weight is 435 g/mol. The zero-order valence-electron chi connectivity index (χ0n) is 15.8. The van der Waals surface area contributed by atoms with Crippen LogP contribution in [0.1, 0.15) is 29.2 Å². The summed E-state index contributed by atoms with van der Waals surface area (Å²) in [6, 6.07) is 7.31. The van der Waals surface area contributed by atoms with E-state index in [1.54, 1.807) is 12.1 Å². The number of carbonyl (C=O) groups is 1. The van der Waals surface area contributed by atoms with Crippen LogP contribution in [0.2, 0.25) is 0 Å². The van der Waals surface area contributed by atoms with Crippen molar-refractivity contribution in [2.24, 2.45) is 5.10 Å². The van der Waals surface area contributed by atoms with Gasteiger partial charge in [0.05, 0.1) is 12.8 Å².